The monoisotopic (exact) mass is 396 g/mol. The van der Waals surface area contributed by atoms with Crippen molar-refractivity contribution in [1.29, 1.82) is 0 Å². The van der Waals surface area contributed by atoms with Crippen LogP contribution in [0.15, 0.2) is 24.3 Å². The largest absolute Gasteiger partial charge is 0.478 e. The van der Waals surface area contributed by atoms with Gasteiger partial charge in [-0.25, -0.2) is 17.5 Å². The first kappa shape index (κ1) is 21.4. The van der Waals surface area contributed by atoms with Crippen LogP contribution in [-0.4, -0.2) is 55.1 Å². The molecule has 0 radical (unpaired) electrons. The molecular formula is C19H28N2O5S. The first-order valence-electron chi connectivity index (χ1n) is 9.41. The van der Waals surface area contributed by atoms with Crippen molar-refractivity contribution in [3.05, 3.63) is 35.4 Å². The summed E-state index contributed by atoms with van der Waals surface area (Å²) in [5.74, 6) is -0.973. The number of aromatic carboxylic acids is 1. The van der Waals surface area contributed by atoms with Crippen molar-refractivity contribution in [1.82, 2.24) is 9.62 Å². The molecule has 0 unspecified atom stereocenters. The van der Waals surface area contributed by atoms with E-state index in [0.717, 1.165) is 12.0 Å². The van der Waals surface area contributed by atoms with Gasteiger partial charge in [-0.1, -0.05) is 25.5 Å². The molecule has 150 valence electrons. The molecule has 1 heterocycles. The third kappa shape index (κ3) is 6.32. The molecule has 0 aliphatic carbocycles. The number of sulfonamides is 1. The van der Waals surface area contributed by atoms with E-state index in [4.69, 9.17) is 5.11 Å². The van der Waals surface area contributed by atoms with Crippen molar-refractivity contribution in [3.8, 4) is 0 Å². The lowest BCUT2D eigenvalue weighted by Crippen LogP contribution is -2.44. The molecule has 1 fully saturated rings. The summed E-state index contributed by atoms with van der Waals surface area (Å²) in [6, 6.07) is 6.59. The van der Waals surface area contributed by atoms with Crippen LogP contribution in [0.1, 0.15) is 48.5 Å². The Bertz CT molecular complexity index is 738. The van der Waals surface area contributed by atoms with E-state index in [2.05, 4.69) is 5.32 Å². The van der Waals surface area contributed by atoms with Crippen molar-refractivity contribution in [2.45, 2.75) is 39.0 Å². The highest BCUT2D eigenvalue weighted by Crippen LogP contribution is 2.20. The standard InChI is InChI=1S/C19H28N2O5S/c1-2-3-14-27(25,26)21-12-9-16(10-13-21)18(22)20-11-8-15-4-6-17(7-5-15)19(23)24/h4-7,16H,2-3,8-14H2,1H3,(H,20,22)(H,23,24). The summed E-state index contributed by atoms with van der Waals surface area (Å²) in [5.41, 5.74) is 1.19. The van der Waals surface area contributed by atoms with Crippen LogP contribution in [0.2, 0.25) is 0 Å². The molecule has 1 aromatic carbocycles. The lowest BCUT2D eigenvalue weighted by molar-refractivity contribution is -0.126. The number of hydrogen-bond donors (Lipinski definition) is 2. The van der Waals surface area contributed by atoms with E-state index in [1.54, 1.807) is 24.3 Å². The zero-order chi connectivity index (χ0) is 19.9. The molecule has 2 rings (SSSR count). The maximum Gasteiger partial charge on any atom is 0.335 e. The van der Waals surface area contributed by atoms with Crippen molar-refractivity contribution < 1.29 is 23.1 Å². The third-order valence-electron chi connectivity index (χ3n) is 4.89. The Morgan fingerprint density at radius 2 is 1.81 bits per heavy atom. The minimum absolute atomic E-state index is 0.0391. The van der Waals surface area contributed by atoms with Crippen molar-refractivity contribution in [3.63, 3.8) is 0 Å². The molecule has 0 spiro atoms. The van der Waals surface area contributed by atoms with Gasteiger partial charge in [0.05, 0.1) is 11.3 Å². The lowest BCUT2D eigenvalue weighted by Gasteiger charge is -2.30. The Labute approximate surface area is 160 Å². The van der Waals surface area contributed by atoms with Crippen molar-refractivity contribution in [2.24, 2.45) is 5.92 Å². The topological polar surface area (TPSA) is 104 Å². The molecular weight excluding hydrogens is 368 g/mol. The Kier molecular flexibility index (Phi) is 7.79. The number of unbranched alkanes of at least 4 members (excludes halogenated alkanes) is 1. The minimum Gasteiger partial charge on any atom is -0.478 e. The second-order valence-corrected chi connectivity index (χ2v) is 8.97. The Morgan fingerprint density at radius 1 is 1.19 bits per heavy atom. The summed E-state index contributed by atoms with van der Waals surface area (Å²) in [7, 11) is -3.20. The fraction of sp³-hybridized carbons (Fsp3) is 0.579. The van der Waals surface area contributed by atoms with Crippen LogP contribution < -0.4 is 5.32 Å². The number of amides is 1. The molecule has 0 saturated carbocycles. The van der Waals surface area contributed by atoms with Crippen LogP contribution in [0.4, 0.5) is 0 Å². The highest BCUT2D eigenvalue weighted by molar-refractivity contribution is 7.89. The number of rotatable bonds is 9. The van der Waals surface area contributed by atoms with Crippen molar-refractivity contribution in [2.75, 3.05) is 25.4 Å². The van der Waals surface area contributed by atoms with Crippen LogP contribution in [0, 0.1) is 5.92 Å². The summed E-state index contributed by atoms with van der Waals surface area (Å²) < 4.78 is 25.9. The molecule has 27 heavy (non-hydrogen) atoms. The molecule has 1 amide bonds. The molecule has 8 heteroatoms. The average molecular weight is 397 g/mol. The first-order valence-corrected chi connectivity index (χ1v) is 11.0. The highest BCUT2D eigenvalue weighted by Gasteiger charge is 2.30. The minimum atomic E-state index is -3.20. The van der Waals surface area contributed by atoms with Gasteiger partial charge in [0, 0.05) is 25.6 Å². The summed E-state index contributed by atoms with van der Waals surface area (Å²) in [4.78, 5) is 23.1. The van der Waals surface area contributed by atoms with Gasteiger partial charge in [-0.05, 0) is 43.4 Å². The summed E-state index contributed by atoms with van der Waals surface area (Å²) >= 11 is 0. The maximum absolute atomic E-state index is 12.3. The molecule has 0 aromatic heterocycles. The number of carbonyl (C=O) groups excluding carboxylic acids is 1. The average Bonchev–Trinajstić information content (AvgIpc) is 2.67. The van der Waals surface area contributed by atoms with E-state index >= 15 is 0 Å². The zero-order valence-electron chi connectivity index (χ0n) is 15.7. The first-order chi connectivity index (χ1) is 12.8. The van der Waals surface area contributed by atoms with E-state index in [1.807, 2.05) is 6.92 Å². The molecule has 0 bridgehead atoms. The second-order valence-electron chi connectivity index (χ2n) is 6.89. The molecule has 1 saturated heterocycles. The number of carboxylic acids is 1. The molecule has 7 nitrogen and oxygen atoms in total. The second kappa shape index (κ2) is 9.85. The number of nitrogens with one attached hydrogen (secondary N) is 1. The Hall–Kier alpha value is -1.93. The van der Waals surface area contributed by atoms with E-state index in [9.17, 15) is 18.0 Å². The van der Waals surface area contributed by atoms with Gasteiger partial charge in [0.1, 0.15) is 0 Å². The van der Waals surface area contributed by atoms with Gasteiger partial charge in [0.2, 0.25) is 15.9 Å². The van der Waals surface area contributed by atoms with Gasteiger partial charge < -0.3 is 10.4 Å². The normalized spacial score (nSPS) is 16.2. The van der Waals surface area contributed by atoms with Crippen LogP contribution in [0.5, 0.6) is 0 Å². The Morgan fingerprint density at radius 3 is 2.37 bits per heavy atom. The summed E-state index contributed by atoms with van der Waals surface area (Å²) in [6.45, 7) is 3.24. The van der Waals surface area contributed by atoms with Gasteiger partial charge in [-0.3, -0.25) is 4.79 Å². The quantitative estimate of drug-likeness (QED) is 0.663. The summed E-state index contributed by atoms with van der Waals surface area (Å²) in [6.07, 6.45) is 3.22. The number of carboxylic acid groups (broad SMARTS) is 1. The van der Waals surface area contributed by atoms with Crippen LogP contribution in [0.3, 0.4) is 0 Å². The fourth-order valence-corrected chi connectivity index (χ4v) is 4.82. The maximum atomic E-state index is 12.3. The number of hydrogen-bond acceptors (Lipinski definition) is 4. The van der Waals surface area contributed by atoms with Gasteiger partial charge in [-0.2, -0.15) is 0 Å². The lowest BCUT2D eigenvalue weighted by atomic mass is 9.97. The number of benzene rings is 1. The Balaban J connectivity index is 1.73. The number of carbonyl (C=O) groups is 2. The van der Waals surface area contributed by atoms with Crippen molar-refractivity contribution >= 4 is 21.9 Å². The predicted octanol–water partition coefficient (Wildman–Crippen LogP) is 1.89. The number of nitrogens with zero attached hydrogens (tertiary/aromatic N) is 1. The SMILES string of the molecule is CCCCS(=O)(=O)N1CCC(C(=O)NCCc2ccc(C(=O)O)cc2)CC1. The fourth-order valence-electron chi connectivity index (χ4n) is 3.14. The van der Waals surface area contributed by atoms with Crippen LogP contribution in [-0.2, 0) is 21.2 Å². The van der Waals surface area contributed by atoms with Crippen LogP contribution >= 0.6 is 0 Å². The summed E-state index contributed by atoms with van der Waals surface area (Å²) in [5, 5.41) is 11.8. The highest BCUT2D eigenvalue weighted by atomic mass is 32.2. The molecule has 1 aromatic rings. The van der Waals surface area contributed by atoms with E-state index < -0.39 is 16.0 Å². The smallest absolute Gasteiger partial charge is 0.335 e. The van der Waals surface area contributed by atoms with Gasteiger partial charge in [-0.15, -0.1) is 0 Å². The van der Waals surface area contributed by atoms with Crippen LogP contribution in [0.25, 0.3) is 0 Å². The van der Waals surface area contributed by atoms with Gasteiger partial charge in [0.15, 0.2) is 0 Å². The molecule has 1 aliphatic heterocycles. The van der Waals surface area contributed by atoms with E-state index in [1.165, 1.54) is 4.31 Å². The molecule has 0 atom stereocenters. The molecule has 2 N–H and O–H groups in total. The van der Waals surface area contributed by atoms with Gasteiger partial charge in [0.25, 0.3) is 0 Å². The zero-order valence-corrected chi connectivity index (χ0v) is 16.5. The third-order valence-corrected chi connectivity index (χ3v) is 6.84. The van der Waals surface area contributed by atoms with Gasteiger partial charge >= 0.3 is 5.97 Å². The predicted molar refractivity (Wildman–Crippen MR) is 103 cm³/mol. The van der Waals surface area contributed by atoms with E-state index in [-0.39, 0.29) is 23.1 Å². The number of piperidine rings is 1. The van der Waals surface area contributed by atoms with E-state index in [0.29, 0.717) is 45.3 Å². The molecule has 1 aliphatic rings.